The highest BCUT2D eigenvalue weighted by Crippen LogP contribution is 2.33. The van der Waals surface area contributed by atoms with Gasteiger partial charge in [0.05, 0.1) is 23.4 Å². The van der Waals surface area contributed by atoms with E-state index in [4.69, 9.17) is 9.57 Å². The van der Waals surface area contributed by atoms with Gasteiger partial charge in [-0.25, -0.2) is 13.4 Å². The lowest BCUT2D eigenvalue weighted by atomic mass is 10.1. The van der Waals surface area contributed by atoms with Gasteiger partial charge in [-0.05, 0) is 31.2 Å². The molecule has 1 N–H and O–H groups in total. The van der Waals surface area contributed by atoms with Crippen molar-refractivity contribution in [3.05, 3.63) is 40.9 Å². The van der Waals surface area contributed by atoms with Crippen LogP contribution in [-0.4, -0.2) is 55.8 Å². The predicted molar refractivity (Wildman–Crippen MR) is 121 cm³/mol. The van der Waals surface area contributed by atoms with Crippen molar-refractivity contribution in [3.63, 3.8) is 0 Å². The van der Waals surface area contributed by atoms with Crippen molar-refractivity contribution in [1.29, 1.82) is 0 Å². The molecule has 1 amide bonds. The fraction of sp³-hybridized carbons (Fsp3) is 0.450. The van der Waals surface area contributed by atoms with Crippen LogP contribution in [0.3, 0.4) is 0 Å². The highest BCUT2D eigenvalue weighted by atomic mass is 32.2. The Balaban J connectivity index is 1.55. The molecule has 0 bridgehead atoms. The molecule has 4 rings (SSSR count). The van der Waals surface area contributed by atoms with Crippen molar-refractivity contribution in [1.82, 2.24) is 4.98 Å². The van der Waals surface area contributed by atoms with Crippen molar-refractivity contribution in [2.75, 3.05) is 24.8 Å². The third-order valence-electron chi connectivity index (χ3n) is 4.88. The molecule has 2 fully saturated rings. The van der Waals surface area contributed by atoms with Crippen LogP contribution in [0.4, 0.5) is 5.13 Å². The van der Waals surface area contributed by atoms with Crippen LogP contribution in [0.5, 0.6) is 0 Å². The third kappa shape index (κ3) is 5.46. The van der Waals surface area contributed by atoms with Crippen molar-refractivity contribution >= 4 is 49.7 Å². The summed E-state index contributed by atoms with van der Waals surface area (Å²) in [5, 5.41) is 7.05. The monoisotopic (exact) mass is 481 g/mol. The summed E-state index contributed by atoms with van der Waals surface area (Å²) < 4.78 is 30.2. The topological polar surface area (TPSA) is 107 Å². The molecule has 1 aromatic heterocycles. The lowest BCUT2D eigenvalue weighted by Gasteiger charge is -2.10. The van der Waals surface area contributed by atoms with Crippen LogP contribution >= 0.6 is 23.1 Å². The number of nitrogens with one attached hydrogen (secondary N) is 1. The fourth-order valence-corrected chi connectivity index (χ4v) is 6.26. The first kappa shape index (κ1) is 22.3. The third-order valence-corrected chi connectivity index (χ3v) is 8.85. The Labute approximate surface area is 189 Å². The van der Waals surface area contributed by atoms with E-state index in [0.29, 0.717) is 43.2 Å². The number of thioether (sulfide) groups is 1. The number of anilines is 1. The molecule has 1 saturated carbocycles. The van der Waals surface area contributed by atoms with Crippen molar-refractivity contribution in [2.45, 2.75) is 41.3 Å². The Hall–Kier alpha value is -1.95. The molecule has 0 radical (unpaired) electrons. The van der Waals surface area contributed by atoms with Gasteiger partial charge in [0.1, 0.15) is 0 Å². The average molecular weight is 482 g/mol. The normalized spacial score (nSPS) is 19.4. The first-order valence-corrected chi connectivity index (χ1v) is 13.6. The van der Waals surface area contributed by atoms with Crippen LogP contribution in [0.2, 0.25) is 0 Å². The van der Waals surface area contributed by atoms with Crippen LogP contribution in [0.1, 0.15) is 29.7 Å². The molecule has 0 unspecified atom stereocenters. The zero-order valence-electron chi connectivity index (χ0n) is 16.9. The first-order valence-electron chi connectivity index (χ1n) is 9.88. The maximum absolute atomic E-state index is 13.0. The van der Waals surface area contributed by atoms with Crippen molar-refractivity contribution < 1.29 is 22.8 Å². The van der Waals surface area contributed by atoms with Crippen LogP contribution in [0.15, 0.2) is 40.5 Å². The van der Waals surface area contributed by atoms with Crippen LogP contribution in [-0.2, 0) is 30.0 Å². The molecule has 8 nitrogen and oxygen atoms in total. The summed E-state index contributed by atoms with van der Waals surface area (Å²) in [5.74, 6) is 0.345. The van der Waals surface area contributed by atoms with E-state index in [1.807, 2.05) is 6.26 Å². The molecule has 1 aliphatic carbocycles. The summed E-state index contributed by atoms with van der Waals surface area (Å²) in [7, 11) is -3.30. The molecule has 2 aromatic rings. The van der Waals surface area contributed by atoms with Gasteiger partial charge < -0.3 is 9.57 Å². The fourth-order valence-electron chi connectivity index (χ4n) is 3.05. The summed E-state index contributed by atoms with van der Waals surface area (Å²) in [5.41, 5.74) is 0.524. The highest BCUT2D eigenvalue weighted by molar-refractivity contribution is 7.97. The number of nitrogens with zero attached hydrogens (tertiary/aromatic N) is 2. The van der Waals surface area contributed by atoms with Crippen LogP contribution in [0.25, 0.3) is 0 Å². The Bertz CT molecular complexity index is 1060. The summed E-state index contributed by atoms with van der Waals surface area (Å²) in [4.78, 5) is 24.1. The molecule has 2 aliphatic rings. The average Bonchev–Trinajstić information content (AvgIpc) is 3.34. The van der Waals surface area contributed by atoms with E-state index in [2.05, 4.69) is 15.5 Å². The minimum absolute atomic E-state index is 0.0592. The van der Waals surface area contributed by atoms with Crippen LogP contribution in [0, 0.1) is 0 Å². The lowest BCUT2D eigenvalue weighted by Crippen LogP contribution is -2.25. The van der Waals surface area contributed by atoms with E-state index >= 15 is 0 Å². The molecule has 2 heterocycles. The Kier molecular flexibility index (Phi) is 6.95. The minimum atomic E-state index is -3.30. The maximum Gasteiger partial charge on any atom is 0.280 e. The molecule has 166 valence electrons. The van der Waals surface area contributed by atoms with Crippen LogP contribution < -0.4 is 5.32 Å². The number of benzene rings is 1. The summed E-state index contributed by atoms with van der Waals surface area (Å²) >= 11 is 3.07. The second kappa shape index (κ2) is 9.68. The molecule has 1 atom stereocenters. The quantitative estimate of drug-likeness (QED) is 0.433. The molecule has 0 spiro atoms. The standard InChI is InChI=1S/C20H23N3O5S3/c1-29-12-15-10-21-20(30-15)22-19(24)18(23-28-14-8-9-27-11-14)13-2-4-16(5-3-13)31(25,26)17-6-7-17/h2-5,10,14,17H,6-9,11-12H2,1H3,(H,21,22,24)/b23-18+/t14-/m1/s1. The lowest BCUT2D eigenvalue weighted by molar-refractivity contribution is -0.110. The van der Waals surface area contributed by atoms with Gasteiger partial charge in [-0.15, -0.1) is 11.3 Å². The number of aromatic nitrogens is 1. The van der Waals surface area contributed by atoms with Gasteiger partial charge in [0.15, 0.2) is 26.8 Å². The highest BCUT2D eigenvalue weighted by Gasteiger charge is 2.36. The summed E-state index contributed by atoms with van der Waals surface area (Å²) in [6.45, 7) is 1.01. The number of carbonyl (C=O) groups excluding carboxylic acids is 1. The molecule has 11 heteroatoms. The van der Waals surface area contributed by atoms with Gasteiger partial charge in [-0.3, -0.25) is 10.1 Å². The number of sulfone groups is 1. The predicted octanol–water partition coefficient (Wildman–Crippen LogP) is 3.09. The molecule has 1 saturated heterocycles. The van der Waals surface area contributed by atoms with E-state index < -0.39 is 15.7 Å². The number of hydrogen-bond acceptors (Lipinski definition) is 9. The Morgan fingerprint density at radius 1 is 1.32 bits per heavy atom. The molecule has 1 aromatic carbocycles. The molecular formula is C20H23N3O5S3. The SMILES string of the molecule is CSCc1cnc(NC(=O)/C(=N/O[C@@H]2CCOC2)c2ccc(S(=O)(=O)C3CC3)cc2)s1. The van der Waals surface area contributed by atoms with Gasteiger partial charge in [0, 0.05) is 28.8 Å². The van der Waals surface area contributed by atoms with E-state index in [-0.39, 0.29) is 22.0 Å². The molecular weight excluding hydrogens is 458 g/mol. The summed E-state index contributed by atoms with van der Waals surface area (Å²) in [6, 6.07) is 6.21. The number of oxime groups is 1. The minimum Gasteiger partial charge on any atom is -0.389 e. The van der Waals surface area contributed by atoms with Gasteiger partial charge in [0.2, 0.25) is 0 Å². The number of amides is 1. The zero-order chi connectivity index (χ0) is 21.8. The molecule has 1 aliphatic heterocycles. The van der Waals surface area contributed by atoms with E-state index in [1.54, 1.807) is 30.1 Å². The van der Waals surface area contributed by atoms with E-state index in [9.17, 15) is 13.2 Å². The van der Waals surface area contributed by atoms with Crippen molar-refractivity contribution in [3.8, 4) is 0 Å². The van der Waals surface area contributed by atoms with E-state index in [0.717, 1.165) is 10.6 Å². The molecule has 31 heavy (non-hydrogen) atoms. The number of rotatable bonds is 9. The van der Waals surface area contributed by atoms with Gasteiger partial charge in [-0.2, -0.15) is 11.8 Å². The number of thiazole rings is 1. The second-order valence-corrected chi connectivity index (χ2v) is 11.5. The maximum atomic E-state index is 13.0. The Morgan fingerprint density at radius 2 is 2.10 bits per heavy atom. The Morgan fingerprint density at radius 3 is 2.74 bits per heavy atom. The van der Waals surface area contributed by atoms with Gasteiger partial charge in [-0.1, -0.05) is 17.3 Å². The van der Waals surface area contributed by atoms with Crippen molar-refractivity contribution in [2.24, 2.45) is 5.16 Å². The second-order valence-electron chi connectivity index (χ2n) is 7.32. The number of carbonyl (C=O) groups is 1. The van der Waals surface area contributed by atoms with E-state index in [1.165, 1.54) is 23.5 Å². The summed E-state index contributed by atoms with van der Waals surface area (Å²) in [6.07, 6.45) is 5.61. The van der Waals surface area contributed by atoms with Gasteiger partial charge >= 0.3 is 0 Å². The largest absolute Gasteiger partial charge is 0.389 e. The number of ether oxygens (including phenoxy) is 1. The number of hydrogen-bond donors (Lipinski definition) is 1. The smallest absolute Gasteiger partial charge is 0.280 e. The van der Waals surface area contributed by atoms with Gasteiger partial charge in [0.25, 0.3) is 5.91 Å². The zero-order valence-corrected chi connectivity index (χ0v) is 19.4. The first-order chi connectivity index (χ1) is 15.0.